The lowest BCUT2D eigenvalue weighted by molar-refractivity contribution is 0.455. The third-order valence-corrected chi connectivity index (χ3v) is 1.72. The molecule has 0 aliphatic carbocycles. The van der Waals surface area contributed by atoms with Crippen molar-refractivity contribution in [1.82, 2.24) is 10.2 Å². The molecule has 0 aliphatic heterocycles. The molecule has 0 amide bonds. The molecule has 69 valence electrons. The number of benzene rings is 1. The Morgan fingerprint density at radius 1 is 1.07 bits per heavy atom. The highest BCUT2D eigenvalue weighted by atomic mass is 35.5. The Balaban J connectivity index is 2.16. The van der Waals surface area contributed by atoms with Gasteiger partial charge in [0.05, 0.1) is 0 Å². The second-order valence-corrected chi connectivity index (χ2v) is 2.92. The van der Waals surface area contributed by atoms with E-state index in [1.165, 1.54) is 0 Å². The molecular formula is C10H6ClN2O. The average molecular weight is 206 g/mol. The van der Waals surface area contributed by atoms with Gasteiger partial charge in [0, 0.05) is 6.07 Å². The highest BCUT2D eigenvalue weighted by molar-refractivity contribution is 6.29. The maximum absolute atomic E-state index is 5.58. The van der Waals surface area contributed by atoms with Crippen molar-refractivity contribution in [3.63, 3.8) is 0 Å². The fourth-order valence-corrected chi connectivity index (χ4v) is 1.02. The maximum Gasteiger partial charge on any atom is 0.238 e. The molecule has 0 saturated carbocycles. The average Bonchev–Trinajstić information content (AvgIpc) is 2.23. The van der Waals surface area contributed by atoms with Crippen molar-refractivity contribution in [2.24, 2.45) is 0 Å². The van der Waals surface area contributed by atoms with Gasteiger partial charge < -0.3 is 4.74 Å². The topological polar surface area (TPSA) is 35.0 Å². The van der Waals surface area contributed by atoms with E-state index in [4.69, 9.17) is 16.3 Å². The number of hydrogen-bond acceptors (Lipinski definition) is 3. The molecule has 0 fully saturated rings. The first-order valence-corrected chi connectivity index (χ1v) is 4.35. The van der Waals surface area contributed by atoms with Gasteiger partial charge >= 0.3 is 0 Å². The highest BCUT2D eigenvalue weighted by Crippen LogP contribution is 2.18. The maximum atomic E-state index is 5.58. The molecule has 0 saturated heterocycles. The lowest BCUT2D eigenvalue weighted by Crippen LogP contribution is -1.89. The van der Waals surface area contributed by atoms with Crippen LogP contribution in [-0.4, -0.2) is 10.2 Å². The molecule has 1 heterocycles. The number of ether oxygens (including phenoxy) is 1. The van der Waals surface area contributed by atoms with Gasteiger partial charge in [-0.1, -0.05) is 23.7 Å². The monoisotopic (exact) mass is 205 g/mol. The number of hydrogen-bond donors (Lipinski definition) is 0. The molecule has 0 unspecified atom stereocenters. The van der Waals surface area contributed by atoms with Gasteiger partial charge in [0.15, 0.2) is 5.15 Å². The summed E-state index contributed by atoms with van der Waals surface area (Å²) in [5.74, 6) is 1.11. The van der Waals surface area contributed by atoms with E-state index in [9.17, 15) is 0 Å². The number of nitrogens with zero attached hydrogens (tertiary/aromatic N) is 2. The predicted molar refractivity (Wildman–Crippen MR) is 52.4 cm³/mol. The molecule has 3 nitrogen and oxygen atoms in total. The number of rotatable bonds is 2. The second-order valence-electron chi connectivity index (χ2n) is 2.53. The molecule has 1 radical (unpaired) electrons. The van der Waals surface area contributed by atoms with Crippen LogP contribution in [0.3, 0.4) is 0 Å². The molecular weight excluding hydrogens is 200 g/mol. The van der Waals surface area contributed by atoms with Gasteiger partial charge in [0.2, 0.25) is 5.88 Å². The van der Waals surface area contributed by atoms with Gasteiger partial charge in [-0.2, -0.15) is 0 Å². The van der Waals surface area contributed by atoms with Crippen LogP contribution in [0.15, 0.2) is 36.4 Å². The molecule has 0 spiro atoms. The first-order valence-electron chi connectivity index (χ1n) is 3.98. The summed E-state index contributed by atoms with van der Waals surface area (Å²) in [5, 5.41) is 7.76. The van der Waals surface area contributed by atoms with E-state index in [0.29, 0.717) is 16.8 Å². The zero-order valence-electron chi connectivity index (χ0n) is 7.14. The first kappa shape index (κ1) is 8.97. The van der Waals surface area contributed by atoms with Crippen molar-refractivity contribution < 1.29 is 4.74 Å². The Kier molecular flexibility index (Phi) is 2.60. The minimum atomic E-state index is 0.346. The van der Waals surface area contributed by atoms with E-state index < -0.39 is 0 Å². The summed E-state index contributed by atoms with van der Waals surface area (Å²) < 4.78 is 5.38. The molecule has 14 heavy (non-hydrogen) atoms. The van der Waals surface area contributed by atoms with Gasteiger partial charge in [-0.15, -0.1) is 10.2 Å². The molecule has 0 bridgehead atoms. The highest BCUT2D eigenvalue weighted by Gasteiger charge is 1.97. The molecule has 2 rings (SSSR count). The van der Waals surface area contributed by atoms with Crippen molar-refractivity contribution in [3.8, 4) is 11.6 Å². The predicted octanol–water partition coefficient (Wildman–Crippen LogP) is 2.72. The van der Waals surface area contributed by atoms with Crippen molar-refractivity contribution in [1.29, 1.82) is 0 Å². The number of aromatic nitrogens is 2. The summed E-state index contributed by atoms with van der Waals surface area (Å²) in [6.07, 6.45) is 0. The van der Waals surface area contributed by atoms with E-state index in [1.54, 1.807) is 36.4 Å². The van der Waals surface area contributed by atoms with Crippen molar-refractivity contribution in [2.45, 2.75) is 0 Å². The summed E-state index contributed by atoms with van der Waals surface area (Å²) in [5.41, 5.74) is 0. The van der Waals surface area contributed by atoms with Gasteiger partial charge in [-0.05, 0) is 24.3 Å². The van der Waals surface area contributed by atoms with Crippen LogP contribution in [0.1, 0.15) is 0 Å². The molecule has 0 N–H and O–H groups in total. The van der Waals surface area contributed by atoms with Gasteiger partial charge in [0.1, 0.15) is 5.75 Å². The summed E-state index contributed by atoms with van der Waals surface area (Å²) in [4.78, 5) is 0. The van der Waals surface area contributed by atoms with E-state index >= 15 is 0 Å². The van der Waals surface area contributed by atoms with Crippen molar-refractivity contribution in [3.05, 3.63) is 47.6 Å². The van der Waals surface area contributed by atoms with Crippen LogP contribution in [0.4, 0.5) is 0 Å². The Morgan fingerprint density at radius 3 is 2.50 bits per heavy atom. The van der Waals surface area contributed by atoms with E-state index in [-0.39, 0.29) is 0 Å². The van der Waals surface area contributed by atoms with Crippen LogP contribution >= 0.6 is 11.6 Å². The Morgan fingerprint density at radius 2 is 1.86 bits per heavy atom. The summed E-state index contributed by atoms with van der Waals surface area (Å²) in [6, 6.07) is 13.3. The normalized spacial score (nSPS) is 9.79. The molecule has 1 aromatic heterocycles. The van der Waals surface area contributed by atoms with E-state index in [0.717, 1.165) is 0 Å². The fourth-order valence-electron chi connectivity index (χ4n) is 0.919. The van der Waals surface area contributed by atoms with Crippen LogP contribution in [0, 0.1) is 6.07 Å². The lowest BCUT2D eigenvalue weighted by atomic mass is 10.3. The van der Waals surface area contributed by atoms with Crippen LogP contribution in [0.2, 0.25) is 5.15 Å². The molecule has 0 aliphatic rings. The Labute approximate surface area is 86.3 Å². The zero-order chi connectivity index (χ0) is 9.80. The first-order chi connectivity index (χ1) is 6.84. The standard InChI is InChI=1S/C10H6ClN2O/c11-9-6-7-10(13-12-9)14-8-4-2-1-3-5-8/h2-7H. The fraction of sp³-hybridized carbons (Fsp3) is 0. The quantitative estimate of drug-likeness (QED) is 0.756. The van der Waals surface area contributed by atoms with Crippen LogP contribution in [0.5, 0.6) is 11.6 Å². The third kappa shape index (κ3) is 2.20. The largest absolute Gasteiger partial charge is 0.438 e. The van der Waals surface area contributed by atoms with E-state index in [1.807, 2.05) is 0 Å². The minimum absolute atomic E-state index is 0.346. The Bertz CT molecular complexity index is 402. The smallest absolute Gasteiger partial charge is 0.238 e. The van der Waals surface area contributed by atoms with Crippen LogP contribution < -0.4 is 4.74 Å². The molecule has 1 aromatic carbocycles. The van der Waals surface area contributed by atoms with Crippen molar-refractivity contribution in [2.75, 3.05) is 0 Å². The summed E-state index contributed by atoms with van der Waals surface area (Å²) in [6.45, 7) is 0. The molecule has 4 heteroatoms. The SMILES string of the molecule is Clc1ccc(Oc2cc[c]cc2)nn1. The number of halogens is 1. The third-order valence-electron chi connectivity index (χ3n) is 1.52. The zero-order valence-corrected chi connectivity index (χ0v) is 7.90. The minimum Gasteiger partial charge on any atom is -0.438 e. The van der Waals surface area contributed by atoms with Gasteiger partial charge in [-0.3, -0.25) is 0 Å². The molecule has 0 atom stereocenters. The molecule has 2 aromatic rings. The van der Waals surface area contributed by atoms with Crippen LogP contribution in [0.25, 0.3) is 0 Å². The van der Waals surface area contributed by atoms with E-state index in [2.05, 4.69) is 16.3 Å². The lowest BCUT2D eigenvalue weighted by Gasteiger charge is -2.02. The van der Waals surface area contributed by atoms with Crippen LogP contribution in [-0.2, 0) is 0 Å². The summed E-state index contributed by atoms with van der Waals surface area (Å²) >= 11 is 5.58. The second kappa shape index (κ2) is 4.07. The van der Waals surface area contributed by atoms with Gasteiger partial charge in [-0.25, -0.2) is 0 Å². The Hall–Kier alpha value is -1.61. The van der Waals surface area contributed by atoms with Crippen molar-refractivity contribution >= 4 is 11.6 Å². The van der Waals surface area contributed by atoms with Gasteiger partial charge in [0.25, 0.3) is 0 Å². The summed E-state index contributed by atoms with van der Waals surface area (Å²) in [7, 11) is 0.